The van der Waals surface area contributed by atoms with Crippen molar-refractivity contribution >= 4 is 23.2 Å². The van der Waals surface area contributed by atoms with Gasteiger partial charge in [0, 0.05) is 22.7 Å². The molecule has 0 aliphatic carbocycles. The highest BCUT2D eigenvalue weighted by Crippen LogP contribution is 2.21. The standard InChI is InChI=1S/C13H19Cl2NO/c1-3-6-17-9-12(16-2)8-10-7-11(14)4-5-13(10)15/h4-5,7,12,16H,3,6,8-9H2,1-2H3. The van der Waals surface area contributed by atoms with Gasteiger partial charge in [-0.3, -0.25) is 0 Å². The van der Waals surface area contributed by atoms with Crippen molar-refractivity contribution in [3.8, 4) is 0 Å². The lowest BCUT2D eigenvalue weighted by atomic mass is 10.1. The minimum Gasteiger partial charge on any atom is -0.380 e. The van der Waals surface area contributed by atoms with Crippen LogP contribution in [0.5, 0.6) is 0 Å². The molecule has 0 fully saturated rings. The lowest BCUT2D eigenvalue weighted by molar-refractivity contribution is 0.114. The SMILES string of the molecule is CCCOCC(Cc1cc(Cl)ccc1Cl)NC. The molecule has 0 aromatic heterocycles. The van der Waals surface area contributed by atoms with E-state index in [0.29, 0.717) is 11.6 Å². The van der Waals surface area contributed by atoms with Crippen molar-refractivity contribution < 1.29 is 4.74 Å². The Hall–Kier alpha value is -0.280. The molecule has 1 rings (SSSR count). The van der Waals surface area contributed by atoms with Gasteiger partial charge in [0.1, 0.15) is 0 Å². The van der Waals surface area contributed by atoms with Crippen molar-refractivity contribution in [2.24, 2.45) is 0 Å². The van der Waals surface area contributed by atoms with E-state index in [2.05, 4.69) is 12.2 Å². The molecule has 0 aliphatic heterocycles. The minimum atomic E-state index is 0.262. The number of benzene rings is 1. The quantitative estimate of drug-likeness (QED) is 0.769. The molecule has 2 nitrogen and oxygen atoms in total. The lowest BCUT2D eigenvalue weighted by Gasteiger charge is -2.17. The van der Waals surface area contributed by atoms with Gasteiger partial charge in [-0.05, 0) is 43.7 Å². The summed E-state index contributed by atoms with van der Waals surface area (Å²) >= 11 is 12.1. The molecule has 0 amide bonds. The van der Waals surface area contributed by atoms with Gasteiger partial charge < -0.3 is 10.1 Å². The van der Waals surface area contributed by atoms with Crippen molar-refractivity contribution in [2.75, 3.05) is 20.3 Å². The third-order valence-electron chi connectivity index (χ3n) is 2.55. The fourth-order valence-corrected chi connectivity index (χ4v) is 1.97. The second-order valence-corrected chi connectivity index (χ2v) is 4.84. The molecular weight excluding hydrogens is 257 g/mol. The summed E-state index contributed by atoms with van der Waals surface area (Å²) in [5.41, 5.74) is 1.05. The summed E-state index contributed by atoms with van der Waals surface area (Å²) in [4.78, 5) is 0. The maximum Gasteiger partial charge on any atom is 0.0622 e. The van der Waals surface area contributed by atoms with Crippen LogP contribution >= 0.6 is 23.2 Å². The highest BCUT2D eigenvalue weighted by molar-refractivity contribution is 6.33. The summed E-state index contributed by atoms with van der Waals surface area (Å²) in [5, 5.41) is 4.70. The van der Waals surface area contributed by atoms with Crippen molar-refractivity contribution in [2.45, 2.75) is 25.8 Å². The van der Waals surface area contributed by atoms with Gasteiger partial charge in [-0.1, -0.05) is 30.1 Å². The highest BCUT2D eigenvalue weighted by atomic mass is 35.5. The van der Waals surface area contributed by atoms with Gasteiger partial charge in [0.05, 0.1) is 6.61 Å². The van der Waals surface area contributed by atoms with Crippen LogP contribution in [0.3, 0.4) is 0 Å². The Morgan fingerprint density at radius 1 is 1.35 bits per heavy atom. The third kappa shape index (κ3) is 5.26. The molecule has 96 valence electrons. The Morgan fingerprint density at radius 3 is 2.76 bits per heavy atom. The van der Waals surface area contributed by atoms with Gasteiger partial charge in [0.2, 0.25) is 0 Å². The average molecular weight is 276 g/mol. The highest BCUT2D eigenvalue weighted by Gasteiger charge is 2.10. The molecule has 0 saturated carbocycles. The van der Waals surface area contributed by atoms with Gasteiger partial charge in [0.25, 0.3) is 0 Å². The van der Waals surface area contributed by atoms with Crippen molar-refractivity contribution in [3.63, 3.8) is 0 Å². The van der Waals surface area contributed by atoms with Crippen LogP contribution in [0.2, 0.25) is 10.0 Å². The lowest BCUT2D eigenvalue weighted by Crippen LogP contribution is -2.32. The van der Waals surface area contributed by atoms with Gasteiger partial charge in [-0.2, -0.15) is 0 Å². The average Bonchev–Trinajstić information content (AvgIpc) is 2.32. The van der Waals surface area contributed by atoms with E-state index >= 15 is 0 Å². The van der Waals surface area contributed by atoms with Gasteiger partial charge >= 0.3 is 0 Å². The maximum absolute atomic E-state index is 6.13. The predicted molar refractivity (Wildman–Crippen MR) is 74.1 cm³/mol. The number of hydrogen-bond donors (Lipinski definition) is 1. The van der Waals surface area contributed by atoms with Gasteiger partial charge in [-0.15, -0.1) is 0 Å². The molecule has 0 radical (unpaired) electrons. The normalized spacial score (nSPS) is 12.7. The molecule has 17 heavy (non-hydrogen) atoms. The summed E-state index contributed by atoms with van der Waals surface area (Å²) in [6.07, 6.45) is 1.86. The Labute approximate surface area is 113 Å². The van der Waals surface area contributed by atoms with Gasteiger partial charge in [-0.25, -0.2) is 0 Å². The van der Waals surface area contributed by atoms with Crippen LogP contribution in [-0.4, -0.2) is 26.3 Å². The monoisotopic (exact) mass is 275 g/mol. The Kier molecular flexibility index (Phi) is 6.90. The van der Waals surface area contributed by atoms with E-state index in [1.165, 1.54) is 0 Å². The summed E-state index contributed by atoms with van der Waals surface area (Å²) < 4.78 is 5.54. The summed E-state index contributed by atoms with van der Waals surface area (Å²) in [6.45, 7) is 3.58. The number of likely N-dealkylation sites (N-methyl/N-ethyl adjacent to an activating group) is 1. The smallest absolute Gasteiger partial charge is 0.0622 e. The van der Waals surface area contributed by atoms with Crippen molar-refractivity contribution in [1.82, 2.24) is 5.32 Å². The predicted octanol–water partition coefficient (Wildman–Crippen LogP) is 3.55. The van der Waals surface area contributed by atoms with E-state index < -0.39 is 0 Å². The van der Waals surface area contributed by atoms with E-state index in [1.807, 2.05) is 19.2 Å². The largest absolute Gasteiger partial charge is 0.380 e. The molecule has 1 unspecified atom stereocenters. The van der Waals surface area contributed by atoms with Crippen LogP contribution in [0.1, 0.15) is 18.9 Å². The molecule has 0 saturated heterocycles. The molecular formula is C13H19Cl2NO. The van der Waals surface area contributed by atoms with E-state index in [0.717, 1.165) is 30.0 Å². The van der Waals surface area contributed by atoms with Gasteiger partial charge in [0.15, 0.2) is 0 Å². The summed E-state index contributed by atoms with van der Waals surface area (Å²) in [7, 11) is 1.93. The fourth-order valence-electron chi connectivity index (χ4n) is 1.58. The van der Waals surface area contributed by atoms with Crippen LogP contribution < -0.4 is 5.32 Å². The molecule has 1 aromatic carbocycles. The molecule has 0 bridgehead atoms. The van der Waals surface area contributed by atoms with Crippen LogP contribution in [0.15, 0.2) is 18.2 Å². The molecule has 1 N–H and O–H groups in total. The van der Waals surface area contributed by atoms with Crippen molar-refractivity contribution in [3.05, 3.63) is 33.8 Å². The summed E-state index contributed by atoms with van der Waals surface area (Å²) in [6, 6.07) is 5.81. The number of halogens is 2. The number of hydrogen-bond acceptors (Lipinski definition) is 2. The first-order chi connectivity index (χ1) is 8.17. The fraction of sp³-hybridized carbons (Fsp3) is 0.538. The Morgan fingerprint density at radius 2 is 2.12 bits per heavy atom. The zero-order valence-corrected chi connectivity index (χ0v) is 11.8. The van der Waals surface area contributed by atoms with E-state index in [1.54, 1.807) is 6.07 Å². The van der Waals surface area contributed by atoms with Crippen LogP contribution in [0, 0.1) is 0 Å². The third-order valence-corrected chi connectivity index (χ3v) is 3.15. The Bertz CT molecular complexity index is 344. The zero-order chi connectivity index (χ0) is 12.7. The van der Waals surface area contributed by atoms with Crippen molar-refractivity contribution in [1.29, 1.82) is 0 Å². The van der Waals surface area contributed by atoms with E-state index in [-0.39, 0.29) is 6.04 Å². The van der Waals surface area contributed by atoms with E-state index in [4.69, 9.17) is 27.9 Å². The summed E-state index contributed by atoms with van der Waals surface area (Å²) in [5.74, 6) is 0. The zero-order valence-electron chi connectivity index (χ0n) is 10.3. The minimum absolute atomic E-state index is 0.262. The van der Waals surface area contributed by atoms with Crippen LogP contribution in [0.25, 0.3) is 0 Å². The number of rotatable bonds is 7. The Balaban J connectivity index is 2.57. The second-order valence-electron chi connectivity index (χ2n) is 4.00. The van der Waals surface area contributed by atoms with E-state index in [9.17, 15) is 0 Å². The molecule has 1 aromatic rings. The first-order valence-electron chi connectivity index (χ1n) is 5.86. The number of nitrogens with one attached hydrogen (secondary N) is 1. The molecule has 0 heterocycles. The first-order valence-corrected chi connectivity index (χ1v) is 6.62. The number of ether oxygens (including phenoxy) is 1. The van der Waals surface area contributed by atoms with Crippen LogP contribution in [0.4, 0.5) is 0 Å². The molecule has 4 heteroatoms. The molecule has 0 aliphatic rings. The van der Waals surface area contributed by atoms with Crippen LogP contribution in [-0.2, 0) is 11.2 Å². The second kappa shape index (κ2) is 7.93. The molecule has 0 spiro atoms. The topological polar surface area (TPSA) is 21.3 Å². The maximum atomic E-state index is 6.13. The molecule has 1 atom stereocenters. The first kappa shape index (κ1) is 14.8.